The largest absolute Gasteiger partial charge is 0.490 e. The zero-order valence-corrected chi connectivity index (χ0v) is 16.9. The summed E-state index contributed by atoms with van der Waals surface area (Å²) in [6.45, 7) is 4.95. The number of carbonyl (C=O) groups is 1. The Labute approximate surface area is 167 Å². The fraction of sp³-hybridized carbons (Fsp3) is 0.238. The highest BCUT2D eigenvalue weighted by Gasteiger charge is 2.14. The Morgan fingerprint density at radius 2 is 1.96 bits per heavy atom. The van der Waals surface area contributed by atoms with Gasteiger partial charge in [0.2, 0.25) is 0 Å². The van der Waals surface area contributed by atoms with E-state index in [-0.39, 0.29) is 5.57 Å². The van der Waals surface area contributed by atoms with Crippen LogP contribution in [0.15, 0.2) is 52.5 Å². The van der Waals surface area contributed by atoms with Gasteiger partial charge in [0.15, 0.2) is 11.5 Å². The molecule has 0 aromatic heterocycles. The fourth-order valence-electron chi connectivity index (χ4n) is 2.31. The molecule has 5 nitrogen and oxygen atoms in total. The molecule has 0 aliphatic rings. The van der Waals surface area contributed by atoms with Gasteiger partial charge in [-0.25, -0.2) is 0 Å². The molecule has 1 N–H and O–H groups in total. The second-order valence-corrected chi connectivity index (χ2v) is 6.46. The Balaban J connectivity index is 2.31. The molecule has 1 amide bonds. The predicted molar refractivity (Wildman–Crippen MR) is 110 cm³/mol. The molecule has 0 spiro atoms. The minimum absolute atomic E-state index is 0.00423. The number of para-hydroxylation sites is 1. The van der Waals surface area contributed by atoms with Gasteiger partial charge in [0.1, 0.15) is 11.6 Å². The van der Waals surface area contributed by atoms with Crippen molar-refractivity contribution in [1.82, 2.24) is 0 Å². The van der Waals surface area contributed by atoms with Crippen LogP contribution in [0.4, 0.5) is 5.69 Å². The van der Waals surface area contributed by atoms with Crippen LogP contribution in [0.1, 0.15) is 25.8 Å². The molecule has 6 heteroatoms. The second kappa shape index (κ2) is 10.4. The van der Waals surface area contributed by atoms with Gasteiger partial charge >= 0.3 is 0 Å². The molecule has 0 saturated heterocycles. The van der Waals surface area contributed by atoms with Crippen molar-refractivity contribution < 1.29 is 14.3 Å². The zero-order chi connectivity index (χ0) is 19.6. The number of nitriles is 1. The highest BCUT2D eigenvalue weighted by Crippen LogP contribution is 2.37. The summed E-state index contributed by atoms with van der Waals surface area (Å²) in [6, 6.07) is 14.5. The van der Waals surface area contributed by atoms with Gasteiger partial charge in [0.25, 0.3) is 5.91 Å². The molecule has 0 fully saturated rings. The fourth-order valence-corrected chi connectivity index (χ4v) is 2.89. The molecule has 0 atom stereocenters. The topological polar surface area (TPSA) is 71.3 Å². The highest BCUT2D eigenvalue weighted by atomic mass is 79.9. The third-order valence-corrected chi connectivity index (χ3v) is 4.08. The van der Waals surface area contributed by atoms with Crippen LogP contribution in [-0.4, -0.2) is 19.1 Å². The monoisotopic (exact) mass is 428 g/mol. The molecule has 0 bridgehead atoms. The van der Waals surface area contributed by atoms with Crippen molar-refractivity contribution in [2.75, 3.05) is 18.5 Å². The molecule has 0 heterocycles. The van der Waals surface area contributed by atoms with Crippen LogP contribution in [0.2, 0.25) is 0 Å². The standard InChI is InChI=1S/C21H21BrN2O3/c1-3-10-27-20-18(22)12-15(13-19(20)26-4-2)11-16(14-23)21(25)24-17-8-6-5-7-9-17/h5-9,11-13H,3-4,10H2,1-2H3,(H,24,25)/b16-11-. The van der Waals surface area contributed by atoms with Crippen LogP contribution in [0, 0.1) is 11.3 Å². The van der Waals surface area contributed by atoms with Crippen LogP contribution >= 0.6 is 15.9 Å². The summed E-state index contributed by atoms with van der Waals surface area (Å²) in [5.41, 5.74) is 1.28. The lowest BCUT2D eigenvalue weighted by Crippen LogP contribution is -2.13. The Bertz CT molecular complexity index is 858. The molecular formula is C21H21BrN2O3. The van der Waals surface area contributed by atoms with Gasteiger partial charge in [-0.15, -0.1) is 0 Å². The number of hydrogen-bond donors (Lipinski definition) is 1. The van der Waals surface area contributed by atoms with E-state index in [2.05, 4.69) is 21.2 Å². The van der Waals surface area contributed by atoms with Crippen LogP contribution in [0.5, 0.6) is 11.5 Å². The predicted octanol–water partition coefficient (Wildman–Crippen LogP) is 5.18. The van der Waals surface area contributed by atoms with Crippen molar-refractivity contribution in [3.8, 4) is 17.6 Å². The second-order valence-electron chi connectivity index (χ2n) is 5.60. The summed E-state index contributed by atoms with van der Waals surface area (Å²) in [7, 11) is 0. The lowest BCUT2D eigenvalue weighted by atomic mass is 10.1. The minimum Gasteiger partial charge on any atom is -0.490 e. The summed E-state index contributed by atoms with van der Waals surface area (Å²) < 4.78 is 12.1. The smallest absolute Gasteiger partial charge is 0.266 e. The third-order valence-electron chi connectivity index (χ3n) is 3.49. The number of hydrogen-bond acceptors (Lipinski definition) is 4. The van der Waals surface area contributed by atoms with Gasteiger partial charge in [0.05, 0.1) is 17.7 Å². The number of rotatable bonds is 8. The molecule has 0 radical (unpaired) electrons. The van der Waals surface area contributed by atoms with E-state index in [0.29, 0.717) is 40.4 Å². The molecule has 0 aliphatic carbocycles. The van der Waals surface area contributed by atoms with Gasteiger partial charge in [-0.05, 0) is 65.2 Å². The van der Waals surface area contributed by atoms with E-state index >= 15 is 0 Å². The summed E-state index contributed by atoms with van der Waals surface area (Å²) in [6.07, 6.45) is 2.40. The molecule has 0 aliphatic heterocycles. The number of nitrogens with zero attached hydrogens (tertiary/aromatic N) is 1. The first-order chi connectivity index (χ1) is 13.1. The van der Waals surface area contributed by atoms with Crippen molar-refractivity contribution in [2.45, 2.75) is 20.3 Å². The molecule has 0 saturated carbocycles. The Kier molecular flexibility index (Phi) is 7.90. The van der Waals surface area contributed by atoms with Gasteiger partial charge in [0, 0.05) is 5.69 Å². The number of amides is 1. The summed E-state index contributed by atoms with van der Waals surface area (Å²) in [5, 5.41) is 12.1. The van der Waals surface area contributed by atoms with Crippen molar-refractivity contribution in [3.05, 3.63) is 58.1 Å². The molecule has 140 valence electrons. The number of carbonyl (C=O) groups excluding carboxylic acids is 1. The van der Waals surface area contributed by atoms with E-state index in [1.807, 2.05) is 38.1 Å². The minimum atomic E-state index is -0.468. The first-order valence-corrected chi connectivity index (χ1v) is 9.45. The Morgan fingerprint density at radius 1 is 1.22 bits per heavy atom. The van der Waals surface area contributed by atoms with Crippen molar-refractivity contribution in [1.29, 1.82) is 5.26 Å². The van der Waals surface area contributed by atoms with E-state index in [4.69, 9.17) is 9.47 Å². The number of ether oxygens (including phenoxy) is 2. The number of nitrogens with one attached hydrogen (secondary N) is 1. The number of benzene rings is 2. The molecule has 2 aromatic rings. The van der Waals surface area contributed by atoms with Crippen LogP contribution in [-0.2, 0) is 4.79 Å². The maximum atomic E-state index is 12.4. The maximum Gasteiger partial charge on any atom is 0.266 e. The van der Waals surface area contributed by atoms with Crippen LogP contribution in [0.25, 0.3) is 6.08 Å². The van der Waals surface area contributed by atoms with Gasteiger partial charge < -0.3 is 14.8 Å². The number of halogens is 1. The first kappa shape index (κ1) is 20.5. The van der Waals surface area contributed by atoms with E-state index in [1.54, 1.807) is 24.3 Å². The summed E-state index contributed by atoms with van der Waals surface area (Å²) >= 11 is 3.48. The lowest BCUT2D eigenvalue weighted by molar-refractivity contribution is -0.112. The SMILES string of the molecule is CCCOc1c(Br)cc(/C=C(/C#N)C(=O)Nc2ccccc2)cc1OCC. The molecule has 0 unspecified atom stereocenters. The highest BCUT2D eigenvalue weighted by molar-refractivity contribution is 9.10. The third kappa shape index (κ3) is 5.87. The van der Waals surface area contributed by atoms with E-state index in [1.165, 1.54) is 6.08 Å². The summed E-state index contributed by atoms with van der Waals surface area (Å²) in [5.74, 6) is 0.708. The van der Waals surface area contributed by atoms with Gasteiger partial charge in [-0.2, -0.15) is 5.26 Å². The zero-order valence-electron chi connectivity index (χ0n) is 15.3. The van der Waals surface area contributed by atoms with E-state index < -0.39 is 5.91 Å². The molecule has 2 rings (SSSR count). The summed E-state index contributed by atoms with van der Waals surface area (Å²) in [4.78, 5) is 12.4. The molecular weight excluding hydrogens is 408 g/mol. The Hall–Kier alpha value is -2.78. The van der Waals surface area contributed by atoms with E-state index in [0.717, 1.165) is 6.42 Å². The average Bonchev–Trinajstić information content (AvgIpc) is 2.66. The lowest BCUT2D eigenvalue weighted by Gasteiger charge is -2.14. The van der Waals surface area contributed by atoms with Gasteiger partial charge in [-0.1, -0.05) is 25.1 Å². The van der Waals surface area contributed by atoms with Crippen LogP contribution < -0.4 is 14.8 Å². The quantitative estimate of drug-likeness (QED) is 0.464. The van der Waals surface area contributed by atoms with E-state index in [9.17, 15) is 10.1 Å². The molecule has 27 heavy (non-hydrogen) atoms. The normalized spacial score (nSPS) is 10.8. The van der Waals surface area contributed by atoms with Crippen molar-refractivity contribution in [2.24, 2.45) is 0 Å². The van der Waals surface area contributed by atoms with Gasteiger partial charge in [-0.3, -0.25) is 4.79 Å². The van der Waals surface area contributed by atoms with Crippen molar-refractivity contribution >= 4 is 33.6 Å². The molecule has 2 aromatic carbocycles. The number of anilines is 1. The van der Waals surface area contributed by atoms with Crippen LogP contribution in [0.3, 0.4) is 0 Å². The van der Waals surface area contributed by atoms with Crippen molar-refractivity contribution in [3.63, 3.8) is 0 Å². The first-order valence-electron chi connectivity index (χ1n) is 8.66. The average molecular weight is 429 g/mol. The maximum absolute atomic E-state index is 12.4. The Morgan fingerprint density at radius 3 is 2.59 bits per heavy atom.